The van der Waals surface area contributed by atoms with Gasteiger partial charge in [-0.1, -0.05) is 35.3 Å². The molecule has 0 saturated carbocycles. The molecule has 0 fully saturated rings. The van der Waals surface area contributed by atoms with E-state index in [9.17, 15) is 14.4 Å². The Morgan fingerprint density at radius 3 is 2.61 bits per heavy atom. The number of amides is 3. The van der Waals surface area contributed by atoms with Gasteiger partial charge in [-0.25, -0.2) is 5.43 Å². The van der Waals surface area contributed by atoms with Crippen LogP contribution in [-0.4, -0.2) is 37.6 Å². The predicted octanol–water partition coefficient (Wildman–Crippen LogP) is 2.21. The van der Waals surface area contributed by atoms with Crippen LogP contribution in [0.4, 0.5) is 5.69 Å². The van der Waals surface area contributed by atoms with Crippen LogP contribution in [-0.2, 0) is 14.4 Å². The average molecular weight is 423 g/mol. The monoisotopic (exact) mass is 422 g/mol. The molecule has 8 nitrogen and oxygen atoms in total. The minimum Gasteiger partial charge on any atom is -0.484 e. The summed E-state index contributed by atoms with van der Waals surface area (Å²) < 4.78 is 5.43. The summed E-state index contributed by atoms with van der Waals surface area (Å²) in [7, 11) is 1.34. The summed E-state index contributed by atoms with van der Waals surface area (Å²) in [4.78, 5) is 34.3. The number of carbonyl (C=O) groups excluding carboxylic acids is 3. The van der Waals surface area contributed by atoms with Crippen molar-refractivity contribution in [1.29, 1.82) is 0 Å². The lowest BCUT2D eigenvalue weighted by molar-refractivity contribution is -0.138. The highest BCUT2D eigenvalue weighted by Gasteiger charge is 2.09. The molecular formula is C18H16Cl2N4O4. The largest absolute Gasteiger partial charge is 0.484 e. The van der Waals surface area contributed by atoms with E-state index in [0.29, 0.717) is 27.0 Å². The van der Waals surface area contributed by atoms with Crippen molar-refractivity contribution < 1.29 is 19.1 Å². The van der Waals surface area contributed by atoms with Crippen LogP contribution < -0.4 is 20.8 Å². The summed E-state index contributed by atoms with van der Waals surface area (Å²) in [6.45, 7) is -0.243. The second kappa shape index (κ2) is 10.3. The molecule has 0 aromatic heterocycles. The number of benzene rings is 2. The van der Waals surface area contributed by atoms with Crippen molar-refractivity contribution in [3.05, 3.63) is 58.1 Å². The molecule has 0 bridgehead atoms. The molecule has 10 heteroatoms. The van der Waals surface area contributed by atoms with Gasteiger partial charge in [0.2, 0.25) is 0 Å². The van der Waals surface area contributed by atoms with Crippen molar-refractivity contribution in [2.24, 2.45) is 5.10 Å². The number of ether oxygens (including phenoxy) is 1. The molecule has 3 N–H and O–H groups in total. The van der Waals surface area contributed by atoms with Crippen molar-refractivity contribution in [3.63, 3.8) is 0 Å². The maximum Gasteiger partial charge on any atom is 0.329 e. The molecule has 3 amide bonds. The van der Waals surface area contributed by atoms with Gasteiger partial charge < -0.3 is 15.4 Å². The van der Waals surface area contributed by atoms with Crippen molar-refractivity contribution in [2.45, 2.75) is 0 Å². The fraction of sp³-hybridized carbons (Fsp3) is 0.111. The molecule has 0 heterocycles. The van der Waals surface area contributed by atoms with Crippen LogP contribution in [0.3, 0.4) is 0 Å². The predicted molar refractivity (Wildman–Crippen MR) is 107 cm³/mol. The van der Waals surface area contributed by atoms with Crippen LogP contribution in [0.25, 0.3) is 0 Å². The van der Waals surface area contributed by atoms with Crippen LogP contribution in [0.1, 0.15) is 5.56 Å². The fourth-order valence-corrected chi connectivity index (χ4v) is 2.40. The smallest absolute Gasteiger partial charge is 0.329 e. The van der Waals surface area contributed by atoms with E-state index < -0.39 is 17.7 Å². The van der Waals surface area contributed by atoms with Gasteiger partial charge in [-0.2, -0.15) is 5.10 Å². The Bertz CT molecular complexity index is 918. The third-order valence-corrected chi connectivity index (χ3v) is 3.79. The van der Waals surface area contributed by atoms with E-state index in [-0.39, 0.29) is 6.61 Å². The first kappa shape index (κ1) is 21.2. The first-order valence-electron chi connectivity index (χ1n) is 7.92. The zero-order chi connectivity index (χ0) is 20.5. The van der Waals surface area contributed by atoms with Crippen LogP contribution in [0, 0.1) is 0 Å². The number of likely N-dealkylation sites (N-methyl/N-ethyl adjacent to an activating group) is 1. The standard InChI is InChI=1S/C18H16Cl2N4O4/c1-21-17(26)18(27)24-22-9-11-3-2-4-13(7-11)28-10-16(25)23-15-6-5-12(19)8-14(15)20/h2-9H,10H2,1H3,(H,21,26)(H,23,25)(H,24,27)/b22-9-. The highest BCUT2D eigenvalue weighted by atomic mass is 35.5. The second-order valence-electron chi connectivity index (χ2n) is 5.31. The van der Waals surface area contributed by atoms with E-state index in [2.05, 4.69) is 21.2 Å². The first-order valence-corrected chi connectivity index (χ1v) is 8.67. The Kier molecular flexibility index (Phi) is 7.79. The SMILES string of the molecule is CNC(=O)C(=O)N/N=C\c1cccc(OCC(=O)Nc2ccc(Cl)cc2Cl)c1. The number of hydrazone groups is 1. The van der Waals surface area contributed by atoms with E-state index >= 15 is 0 Å². The van der Waals surface area contributed by atoms with Gasteiger partial charge in [0.15, 0.2) is 6.61 Å². The molecule has 2 rings (SSSR count). The zero-order valence-electron chi connectivity index (χ0n) is 14.7. The quantitative estimate of drug-likeness (QED) is 0.376. The topological polar surface area (TPSA) is 109 Å². The Labute approximate surface area is 170 Å². The van der Waals surface area contributed by atoms with Crippen LogP contribution in [0.15, 0.2) is 47.6 Å². The maximum absolute atomic E-state index is 12.0. The normalized spacial score (nSPS) is 10.4. The lowest BCUT2D eigenvalue weighted by Crippen LogP contribution is -2.35. The Hall–Kier alpha value is -3.10. The number of carbonyl (C=O) groups is 3. The lowest BCUT2D eigenvalue weighted by Gasteiger charge is -2.09. The van der Waals surface area contributed by atoms with E-state index in [1.54, 1.807) is 36.4 Å². The van der Waals surface area contributed by atoms with Gasteiger partial charge in [-0.3, -0.25) is 14.4 Å². The lowest BCUT2D eigenvalue weighted by atomic mass is 10.2. The minimum atomic E-state index is -0.885. The van der Waals surface area contributed by atoms with E-state index in [1.165, 1.54) is 19.3 Å². The number of halogens is 2. The van der Waals surface area contributed by atoms with Crippen LogP contribution in [0.2, 0.25) is 10.0 Å². The fourth-order valence-electron chi connectivity index (χ4n) is 1.94. The maximum atomic E-state index is 12.0. The molecule has 2 aromatic rings. The molecule has 0 aliphatic heterocycles. The number of nitrogens with one attached hydrogen (secondary N) is 3. The van der Waals surface area contributed by atoms with Gasteiger partial charge in [-0.15, -0.1) is 0 Å². The van der Waals surface area contributed by atoms with Crippen LogP contribution in [0.5, 0.6) is 5.75 Å². The summed E-state index contributed by atoms with van der Waals surface area (Å²) in [5, 5.41) is 9.25. The molecule has 0 aliphatic carbocycles. The summed E-state index contributed by atoms with van der Waals surface area (Å²) in [6.07, 6.45) is 1.33. The van der Waals surface area contributed by atoms with Gasteiger partial charge in [-0.05, 0) is 35.9 Å². The van der Waals surface area contributed by atoms with Crippen molar-refractivity contribution in [2.75, 3.05) is 19.0 Å². The van der Waals surface area contributed by atoms with E-state index in [1.807, 2.05) is 0 Å². The van der Waals surface area contributed by atoms with E-state index in [4.69, 9.17) is 27.9 Å². The second-order valence-corrected chi connectivity index (χ2v) is 6.16. The highest BCUT2D eigenvalue weighted by molar-refractivity contribution is 6.36. The van der Waals surface area contributed by atoms with Gasteiger partial charge in [0, 0.05) is 12.1 Å². The zero-order valence-corrected chi connectivity index (χ0v) is 16.2. The van der Waals surface area contributed by atoms with Crippen molar-refractivity contribution >= 4 is 52.8 Å². The molecule has 2 aromatic carbocycles. The Balaban J connectivity index is 1.89. The summed E-state index contributed by atoms with van der Waals surface area (Å²) in [5.41, 5.74) is 3.10. The Morgan fingerprint density at radius 1 is 1.11 bits per heavy atom. The molecule has 0 spiro atoms. The number of nitrogens with zero attached hydrogens (tertiary/aromatic N) is 1. The number of rotatable bonds is 6. The highest BCUT2D eigenvalue weighted by Crippen LogP contribution is 2.25. The van der Waals surface area contributed by atoms with Gasteiger partial charge in [0.25, 0.3) is 5.91 Å². The average Bonchev–Trinajstić information content (AvgIpc) is 2.68. The molecule has 146 valence electrons. The third kappa shape index (κ3) is 6.57. The number of anilines is 1. The molecular weight excluding hydrogens is 407 g/mol. The van der Waals surface area contributed by atoms with Gasteiger partial charge >= 0.3 is 11.8 Å². The summed E-state index contributed by atoms with van der Waals surface area (Å²) in [6, 6.07) is 11.4. The third-order valence-electron chi connectivity index (χ3n) is 3.25. The number of hydrogen-bond acceptors (Lipinski definition) is 5. The van der Waals surface area contributed by atoms with Crippen molar-refractivity contribution in [3.8, 4) is 5.75 Å². The number of hydrogen-bond donors (Lipinski definition) is 3. The molecule has 28 heavy (non-hydrogen) atoms. The summed E-state index contributed by atoms with van der Waals surface area (Å²) in [5.74, 6) is -1.68. The minimum absolute atomic E-state index is 0.243. The molecule has 0 unspecified atom stereocenters. The summed E-state index contributed by atoms with van der Waals surface area (Å²) >= 11 is 11.8. The molecule has 0 radical (unpaired) electrons. The van der Waals surface area contributed by atoms with E-state index in [0.717, 1.165) is 0 Å². The van der Waals surface area contributed by atoms with Gasteiger partial charge in [0.1, 0.15) is 5.75 Å². The molecule has 0 atom stereocenters. The molecule has 0 saturated heterocycles. The van der Waals surface area contributed by atoms with Gasteiger partial charge in [0.05, 0.1) is 16.9 Å². The Morgan fingerprint density at radius 2 is 1.89 bits per heavy atom. The molecule has 0 aliphatic rings. The first-order chi connectivity index (χ1) is 13.4. The van der Waals surface area contributed by atoms with Crippen molar-refractivity contribution in [1.82, 2.24) is 10.7 Å². The van der Waals surface area contributed by atoms with Crippen LogP contribution >= 0.6 is 23.2 Å².